The molecule has 0 bridgehead atoms. The van der Waals surface area contributed by atoms with E-state index >= 15 is 0 Å². The van der Waals surface area contributed by atoms with Crippen molar-refractivity contribution in [3.63, 3.8) is 0 Å². The average Bonchev–Trinajstić information content (AvgIpc) is 2.49. The van der Waals surface area contributed by atoms with Gasteiger partial charge in [0.1, 0.15) is 8.24 Å². The van der Waals surface area contributed by atoms with Crippen LogP contribution < -0.4 is 0 Å². The molecule has 6 heteroatoms. The monoisotopic (exact) mass is 357 g/mol. The predicted molar refractivity (Wildman–Crippen MR) is 103 cm³/mol. The van der Waals surface area contributed by atoms with Gasteiger partial charge in [-0.3, -0.25) is 0 Å². The first-order chi connectivity index (χ1) is 10.6. The molecule has 0 aliphatic rings. The molecule has 0 fully saturated rings. The molecular formula is C17H35NO3Si2. The van der Waals surface area contributed by atoms with Gasteiger partial charge in [0.05, 0.1) is 0 Å². The molecule has 1 aromatic carbocycles. The maximum atomic E-state index is 4.74. The Kier molecular flexibility index (Phi) is 10.1. The Labute approximate surface area is 145 Å². The lowest BCUT2D eigenvalue weighted by Gasteiger charge is -2.44. The van der Waals surface area contributed by atoms with Gasteiger partial charge in [-0.25, -0.2) is 0 Å². The van der Waals surface area contributed by atoms with Gasteiger partial charge in [0.2, 0.25) is 0 Å². The van der Waals surface area contributed by atoms with E-state index in [2.05, 4.69) is 75.8 Å². The van der Waals surface area contributed by atoms with Gasteiger partial charge in [-0.2, -0.15) is 0 Å². The highest BCUT2D eigenvalue weighted by molar-refractivity contribution is 6.77. The summed E-state index contributed by atoms with van der Waals surface area (Å²) < 4.78 is 16.8. The third-order valence-corrected chi connectivity index (χ3v) is 11.5. The molecule has 0 atom stereocenters. The Morgan fingerprint density at radius 1 is 0.957 bits per heavy atom. The molecule has 0 amide bonds. The summed E-state index contributed by atoms with van der Waals surface area (Å²) in [5.74, 6) is 0. The average molecular weight is 358 g/mol. The van der Waals surface area contributed by atoms with Gasteiger partial charge in [0.15, 0.2) is 0 Å². The first kappa shape index (κ1) is 22.5. The second-order valence-electron chi connectivity index (χ2n) is 7.15. The van der Waals surface area contributed by atoms with Gasteiger partial charge in [-0.15, -0.1) is 0 Å². The van der Waals surface area contributed by atoms with Gasteiger partial charge < -0.3 is 17.8 Å². The van der Waals surface area contributed by atoms with Crippen molar-refractivity contribution in [3.05, 3.63) is 35.9 Å². The van der Waals surface area contributed by atoms with Crippen molar-refractivity contribution in [2.75, 3.05) is 28.4 Å². The Bertz CT molecular complexity index is 412. The van der Waals surface area contributed by atoms with Crippen LogP contribution in [0.25, 0.3) is 0 Å². The Balaban J connectivity index is 0.000000585. The number of hydrogen-bond donors (Lipinski definition) is 0. The van der Waals surface area contributed by atoms with Crippen LogP contribution >= 0.6 is 0 Å². The van der Waals surface area contributed by atoms with Gasteiger partial charge in [-0.05, 0) is 17.6 Å². The summed E-state index contributed by atoms with van der Waals surface area (Å²) in [5.41, 5.74) is 1.41. The fourth-order valence-corrected chi connectivity index (χ4v) is 4.22. The van der Waals surface area contributed by atoms with E-state index in [1.165, 1.54) is 5.56 Å². The quantitative estimate of drug-likeness (QED) is 0.725. The van der Waals surface area contributed by atoms with E-state index in [-0.39, 0.29) is 0 Å². The van der Waals surface area contributed by atoms with Crippen LogP contribution in [-0.2, 0) is 19.8 Å². The maximum absolute atomic E-state index is 4.74. The lowest BCUT2D eigenvalue weighted by Crippen LogP contribution is -2.52. The summed E-state index contributed by atoms with van der Waals surface area (Å²) >= 11 is 0. The summed E-state index contributed by atoms with van der Waals surface area (Å²) in [5, 5.41) is 0.413. The Morgan fingerprint density at radius 3 is 1.70 bits per heavy atom. The molecule has 1 aromatic rings. The lowest BCUT2D eigenvalue weighted by atomic mass is 10.2. The van der Waals surface area contributed by atoms with Crippen molar-refractivity contribution in [3.8, 4) is 0 Å². The van der Waals surface area contributed by atoms with E-state index in [0.717, 1.165) is 6.54 Å². The molecule has 4 nitrogen and oxygen atoms in total. The second kappa shape index (κ2) is 10.4. The molecule has 0 N–H and O–H groups in total. The van der Waals surface area contributed by atoms with Crippen molar-refractivity contribution in [1.82, 2.24) is 4.57 Å². The van der Waals surface area contributed by atoms with Crippen LogP contribution in [0.3, 0.4) is 0 Å². The molecule has 0 aromatic heterocycles. The molecule has 0 spiro atoms. The zero-order valence-corrected chi connectivity index (χ0v) is 18.5. The Morgan fingerprint density at radius 2 is 1.39 bits per heavy atom. The highest BCUT2D eigenvalue weighted by Gasteiger charge is 2.38. The zero-order chi connectivity index (χ0) is 18.1. The fourth-order valence-electron chi connectivity index (χ4n) is 1.92. The van der Waals surface area contributed by atoms with Gasteiger partial charge >= 0.3 is 9.53 Å². The van der Waals surface area contributed by atoms with E-state index in [4.69, 9.17) is 13.3 Å². The zero-order valence-electron chi connectivity index (χ0n) is 16.3. The van der Waals surface area contributed by atoms with Crippen LogP contribution in [0.5, 0.6) is 0 Å². The van der Waals surface area contributed by atoms with Gasteiger partial charge in [0, 0.05) is 27.9 Å². The van der Waals surface area contributed by atoms with Crippen molar-refractivity contribution < 1.29 is 13.3 Å². The van der Waals surface area contributed by atoms with E-state index in [9.17, 15) is 0 Å². The minimum Gasteiger partial charge on any atom is -0.379 e. The lowest BCUT2D eigenvalue weighted by molar-refractivity contribution is 0.163. The molecule has 134 valence electrons. The number of rotatable bonds is 6. The van der Waals surface area contributed by atoms with Gasteiger partial charge in [-0.1, -0.05) is 64.2 Å². The van der Waals surface area contributed by atoms with E-state index in [0.29, 0.717) is 5.04 Å². The first-order valence-corrected chi connectivity index (χ1v) is 12.3. The summed E-state index contributed by atoms with van der Waals surface area (Å²) in [6.45, 7) is 13.1. The van der Waals surface area contributed by atoms with Crippen LogP contribution in [-0.4, -0.2) is 50.7 Å². The molecule has 0 saturated carbocycles. The summed E-state index contributed by atoms with van der Waals surface area (Å²) in [6, 6.07) is 10.7. The van der Waals surface area contributed by atoms with Crippen LogP contribution in [0.1, 0.15) is 26.3 Å². The maximum Gasteiger partial charge on any atom is 0.483 e. The molecule has 0 heterocycles. The van der Waals surface area contributed by atoms with E-state index in [1.54, 1.807) is 21.3 Å². The van der Waals surface area contributed by atoms with Crippen LogP contribution in [0.2, 0.25) is 18.1 Å². The Hall–Kier alpha value is -0.506. The summed E-state index contributed by atoms with van der Waals surface area (Å²) in [7, 11) is 3.96. The van der Waals surface area contributed by atoms with Crippen molar-refractivity contribution in [2.45, 2.75) is 45.4 Å². The topological polar surface area (TPSA) is 30.9 Å². The second-order valence-corrected chi connectivity index (χ2v) is 14.5. The van der Waals surface area contributed by atoms with Crippen LogP contribution in [0.4, 0.5) is 0 Å². The summed E-state index contributed by atoms with van der Waals surface area (Å²) in [4.78, 5) is 0. The third-order valence-electron chi connectivity index (χ3n) is 4.63. The standard InChI is InChI=1S/C14H25NSi.C3H10O3Si/c1-14(2,3)16(5,6)15(4)12-13-10-8-7-9-11-13;1-4-7(5-2)6-3/h7-11H,12H2,1-6H3;7H,1-3H3. The van der Waals surface area contributed by atoms with Crippen LogP contribution in [0, 0.1) is 0 Å². The molecule has 0 aliphatic carbocycles. The smallest absolute Gasteiger partial charge is 0.379 e. The highest BCUT2D eigenvalue weighted by atomic mass is 28.3. The van der Waals surface area contributed by atoms with Crippen LogP contribution in [0.15, 0.2) is 30.3 Å². The number of nitrogens with zero attached hydrogens (tertiary/aromatic N) is 1. The number of benzene rings is 1. The van der Waals surface area contributed by atoms with E-state index in [1.807, 2.05) is 0 Å². The first-order valence-electron chi connectivity index (χ1n) is 7.93. The predicted octanol–water partition coefficient (Wildman–Crippen LogP) is 3.77. The molecule has 0 saturated heterocycles. The third kappa shape index (κ3) is 7.74. The largest absolute Gasteiger partial charge is 0.483 e. The molecule has 0 radical (unpaired) electrons. The molecular weight excluding hydrogens is 322 g/mol. The molecule has 1 rings (SSSR count). The molecule has 23 heavy (non-hydrogen) atoms. The van der Waals surface area contributed by atoms with Crippen molar-refractivity contribution in [1.29, 1.82) is 0 Å². The fraction of sp³-hybridized carbons (Fsp3) is 0.647. The van der Waals surface area contributed by atoms with Crippen molar-refractivity contribution >= 4 is 17.8 Å². The molecule has 0 unspecified atom stereocenters. The normalized spacial score (nSPS) is 12.3. The highest BCUT2D eigenvalue weighted by Crippen LogP contribution is 2.38. The minimum absolute atomic E-state index is 0.413. The van der Waals surface area contributed by atoms with E-state index < -0.39 is 17.8 Å². The van der Waals surface area contributed by atoms with Crippen molar-refractivity contribution in [2.24, 2.45) is 0 Å². The summed E-state index contributed by atoms with van der Waals surface area (Å²) in [6.07, 6.45) is 0. The SMILES string of the molecule is CN(Cc1ccccc1)[Si](C)(C)C(C)(C)C.CO[SiH](OC)OC. The number of hydrogen-bond acceptors (Lipinski definition) is 4. The van der Waals surface area contributed by atoms with Gasteiger partial charge in [0.25, 0.3) is 0 Å². The molecule has 0 aliphatic heterocycles. The minimum atomic E-state index is -1.67.